The average Bonchev–Trinajstić information content (AvgIpc) is 2.34. The first-order chi connectivity index (χ1) is 5.27. The lowest BCUT2D eigenvalue weighted by Crippen LogP contribution is -2.10. The Kier molecular flexibility index (Phi) is 1.00. The molecule has 2 aromatic heterocycles. The van der Waals surface area contributed by atoms with E-state index in [1.165, 1.54) is 10.6 Å². The molecule has 0 fully saturated rings. The number of nitrogens with zero attached hydrogens (tertiary/aromatic N) is 2. The minimum Gasteiger partial charge on any atom is -0.383 e. The van der Waals surface area contributed by atoms with Gasteiger partial charge in [-0.2, -0.15) is 4.98 Å². The summed E-state index contributed by atoms with van der Waals surface area (Å²) in [5.41, 5.74) is 5.71. The molecule has 0 aliphatic carbocycles. The Morgan fingerprint density at radius 2 is 2.45 bits per heavy atom. The number of aromatic nitrogens is 3. The van der Waals surface area contributed by atoms with Crippen molar-refractivity contribution >= 4 is 11.5 Å². The third-order valence-corrected chi connectivity index (χ3v) is 1.42. The van der Waals surface area contributed by atoms with Gasteiger partial charge in [0.05, 0.1) is 0 Å². The molecule has 3 N–H and O–H groups in total. The van der Waals surface area contributed by atoms with Crippen LogP contribution in [-0.2, 0) is 0 Å². The zero-order valence-corrected chi connectivity index (χ0v) is 5.61. The number of hydrogen-bond acceptors (Lipinski definition) is 3. The van der Waals surface area contributed by atoms with Gasteiger partial charge >= 0.3 is 0 Å². The molecule has 0 amide bonds. The van der Waals surface area contributed by atoms with Crippen molar-refractivity contribution in [1.82, 2.24) is 14.6 Å². The maximum absolute atomic E-state index is 10.8. The third-order valence-electron chi connectivity index (χ3n) is 1.42. The van der Waals surface area contributed by atoms with Crippen LogP contribution in [-0.4, -0.2) is 14.6 Å². The first kappa shape index (κ1) is 5.96. The van der Waals surface area contributed by atoms with E-state index < -0.39 is 0 Å². The number of nitrogen functional groups attached to an aromatic ring is 1. The van der Waals surface area contributed by atoms with Gasteiger partial charge in [-0.15, -0.1) is 0 Å². The molecule has 0 radical (unpaired) electrons. The molecule has 56 valence electrons. The van der Waals surface area contributed by atoms with Crippen LogP contribution in [0.5, 0.6) is 0 Å². The van der Waals surface area contributed by atoms with Crippen LogP contribution in [0.4, 0.5) is 5.82 Å². The Morgan fingerprint density at radius 3 is 3.27 bits per heavy atom. The molecule has 2 heterocycles. The smallest absolute Gasteiger partial charge is 0.275 e. The molecular weight excluding hydrogens is 144 g/mol. The Balaban J connectivity index is 3.02. The standard InChI is InChI=1S/C6H6N4O/c7-4-3-6(11)9-5-1-2-8-10(4)5/h1-3,8H,7H2. The number of aromatic amines is 1. The molecule has 0 unspecified atom stereocenters. The van der Waals surface area contributed by atoms with Crippen LogP contribution in [0.15, 0.2) is 23.1 Å². The largest absolute Gasteiger partial charge is 0.383 e. The second-order valence-corrected chi connectivity index (χ2v) is 2.18. The van der Waals surface area contributed by atoms with Crippen molar-refractivity contribution in [1.29, 1.82) is 0 Å². The van der Waals surface area contributed by atoms with Crippen molar-refractivity contribution in [3.05, 3.63) is 28.7 Å². The van der Waals surface area contributed by atoms with Crippen LogP contribution < -0.4 is 11.3 Å². The quantitative estimate of drug-likeness (QED) is 0.536. The van der Waals surface area contributed by atoms with E-state index in [4.69, 9.17) is 5.73 Å². The van der Waals surface area contributed by atoms with Crippen LogP contribution in [0.3, 0.4) is 0 Å². The van der Waals surface area contributed by atoms with E-state index in [9.17, 15) is 4.79 Å². The number of H-pyrrole nitrogens is 1. The second kappa shape index (κ2) is 1.85. The molecule has 0 saturated heterocycles. The predicted octanol–water partition coefficient (Wildman–Crippen LogP) is -0.395. The van der Waals surface area contributed by atoms with Crippen LogP contribution in [0.1, 0.15) is 0 Å². The van der Waals surface area contributed by atoms with Crippen LogP contribution >= 0.6 is 0 Å². The summed E-state index contributed by atoms with van der Waals surface area (Å²) in [6.07, 6.45) is 1.66. The number of rotatable bonds is 0. The van der Waals surface area contributed by atoms with Crippen molar-refractivity contribution < 1.29 is 0 Å². The first-order valence-electron chi connectivity index (χ1n) is 3.10. The number of anilines is 1. The molecule has 11 heavy (non-hydrogen) atoms. The van der Waals surface area contributed by atoms with E-state index in [2.05, 4.69) is 10.1 Å². The molecule has 0 aliphatic heterocycles. The zero-order valence-electron chi connectivity index (χ0n) is 5.61. The van der Waals surface area contributed by atoms with Gasteiger partial charge in [-0.05, 0) is 0 Å². The second-order valence-electron chi connectivity index (χ2n) is 2.18. The average molecular weight is 150 g/mol. The van der Waals surface area contributed by atoms with E-state index in [1.807, 2.05) is 0 Å². The number of fused-ring (bicyclic) bond motifs is 1. The number of hydrogen-bond donors (Lipinski definition) is 2. The van der Waals surface area contributed by atoms with Gasteiger partial charge in [0, 0.05) is 18.3 Å². The first-order valence-corrected chi connectivity index (χ1v) is 3.10. The lowest BCUT2D eigenvalue weighted by molar-refractivity contribution is 0.944. The molecule has 0 aliphatic rings. The molecular formula is C6H6N4O. The highest BCUT2D eigenvalue weighted by molar-refractivity contribution is 5.43. The highest BCUT2D eigenvalue weighted by Gasteiger charge is 1.97. The van der Waals surface area contributed by atoms with Crippen molar-refractivity contribution in [3.8, 4) is 0 Å². The maximum Gasteiger partial charge on any atom is 0.275 e. The molecule has 0 saturated carbocycles. The monoisotopic (exact) mass is 150 g/mol. The molecule has 0 spiro atoms. The number of nitrogens with two attached hydrogens (primary N) is 1. The van der Waals surface area contributed by atoms with Gasteiger partial charge in [-0.1, -0.05) is 0 Å². The minimum atomic E-state index is -0.317. The highest BCUT2D eigenvalue weighted by atomic mass is 16.1. The summed E-state index contributed by atoms with van der Waals surface area (Å²) >= 11 is 0. The summed E-state index contributed by atoms with van der Waals surface area (Å²) < 4.78 is 1.53. The molecule has 0 aromatic carbocycles. The fourth-order valence-corrected chi connectivity index (χ4v) is 0.957. The molecule has 5 nitrogen and oxygen atoms in total. The van der Waals surface area contributed by atoms with Gasteiger partial charge in [-0.25, -0.2) is 4.52 Å². The van der Waals surface area contributed by atoms with Crippen LogP contribution in [0.25, 0.3) is 5.65 Å². The topological polar surface area (TPSA) is 76.2 Å². The normalized spacial score (nSPS) is 10.5. The fourth-order valence-electron chi connectivity index (χ4n) is 0.957. The summed E-state index contributed by atoms with van der Waals surface area (Å²) in [6.45, 7) is 0. The Labute approximate surface area is 61.5 Å². The van der Waals surface area contributed by atoms with E-state index >= 15 is 0 Å². The predicted molar refractivity (Wildman–Crippen MR) is 40.2 cm³/mol. The lowest BCUT2D eigenvalue weighted by atomic mass is 10.5. The van der Waals surface area contributed by atoms with E-state index in [-0.39, 0.29) is 5.56 Å². The molecule has 0 bridgehead atoms. The summed E-state index contributed by atoms with van der Waals surface area (Å²) in [7, 11) is 0. The van der Waals surface area contributed by atoms with Crippen molar-refractivity contribution in [3.63, 3.8) is 0 Å². The summed E-state index contributed by atoms with van der Waals surface area (Å²) in [5.74, 6) is 0.366. The summed E-state index contributed by atoms with van der Waals surface area (Å²) in [4.78, 5) is 14.5. The SMILES string of the molecule is Nc1cc(=O)nc2cc[nH]n12. The van der Waals surface area contributed by atoms with Crippen LogP contribution in [0.2, 0.25) is 0 Å². The van der Waals surface area contributed by atoms with Gasteiger partial charge in [0.15, 0.2) is 5.65 Å². The van der Waals surface area contributed by atoms with Crippen molar-refractivity contribution in [2.24, 2.45) is 0 Å². The Morgan fingerprint density at radius 1 is 1.64 bits per heavy atom. The minimum absolute atomic E-state index is 0.317. The van der Waals surface area contributed by atoms with Gasteiger partial charge in [0.2, 0.25) is 0 Å². The van der Waals surface area contributed by atoms with Gasteiger partial charge in [-0.3, -0.25) is 9.89 Å². The van der Waals surface area contributed by atoms with Gasteiger partial charge in [0.1, 0.15) is 5.82 Å². The Bertz CT molecular complexity index is 441. The molecule has 0 atom stereocenters. The highest BCUT2D eigenvalue weighted by Crippen LogP contribution is 1.99. The fraction of sp³-hybridized carbons (Fsp3) is 0. The van der Waals surface area contributed by atoms with Crippen molar-refractivity contribution in [2.75, 3.05) is 5.73 Å². The third kappa shape index (κ3) is 0.778. The van der Waals surface area contributed by atoms with E-state index in [1.54, 1.807) is 12.3 Å². The van der Waals surface area contributed by atoms with E-state index in [0.717, 1.165) is 0 Å². The molecule has 2 aromatic rings. The number of nitrogens with one attached hydrogen (secondary N) is 1. The summed E-state index contributed by atoms with van der Waals surface area (Å²) in [5, 5.41) is 2.81. The van der Waals surface area contributed by atoms with E-state index in [0.29, 0.717) is 11.5 Å². The molecule has 5 heteroatoms. The molecule has 2 rings (SSSR count). The lowest BCUT2D eigenvalue weighted by Gasteiger charge is -1.95. The van der Waals surface area contributed by atoms with Crippen molar-refractivity contribution in [2.45, 2.75) is 0 Å². The Hall–Kier alpha value is -1.78. The van der Waals surface area contributed by atoms with Crippen LogP contribution in [0, 0.1) is 0 Å². The van der Waals surface area contributed by atoms with Gasteiger partial charge < -0.3 is 5.73 Å². The zero-order chi connectivity index (χ0) is 7.84. The summed E-state index contributed by atoms with van der Waals surface area (Å²) in [6, 6.07) is 2.95. The maximum atomic E-state index is 10.8. The van der Waals surface area contributed by atoms with Gasteiger partial charge in [0.25, 0.3) is 5.56 Å².